The second-order valence-electron chi connectivity index (χ2n) is 10.4. The molecule has 0 saturated carbocycles. The van der Waals surface area contributed by atoms with Crippen molar-refractivity contribution in [2.45, 2.75) is 45.6 Å². The molecule has 9 heteroatoms. The maximum atomic E-state index is 14.2. The van der Waals surface area contributed by atoms with Gasteiger partial charge in [0.25, 0.3) is 0 Å². The van der Waals surface area contributed by atoms with Crippen LogP contribution in [0.4, 0.5) is 10.2 Å². The van der Waals surface area contributed by atoms with E-state index in [9.17, 15) is 12.8 Å². The maximum absolute atomic E-state index is 14.2. The predicted octanol–water partition coefficient (Wildman–Crippen LogP) is 4.62. The first kappa shape index (κ1) is 27.3. The van der Waals surface area contributed by atoms with E-state index in [0.29, 0.717) is 18.2 Å². The molecule has 0 atom stereocenters. The highest BCUT2D eigenvalue weighted by atomic mass is 32.2. The van der Waals surface area contributed by atoms with Crippen molar-refractivity contribution < 1.29 is 12.8 Å². The van der Waals surface area contributed by atoms with Gasteiger partial charge >= 0.3 is 0 Å². The van der Waals surface area contributed by atoms with Gasteiger partial charge in [0.2, 0.25) is 10.0 Å². The molecule has 0 unspecified atom stereocenters. The number of sulfonamides is 1. The smallest absolute Gasteiger partial charge is 0.243 e. The summed E-state index contributed by atoms with van der Waals surface area (Å²) >= 11 is 0. The highest BCUT2D eigenvalue weighted by molar-refractivity contribution is 7.89. The molecule has 4 rings (SSSR count). The van der Waals surface area contributed by atoms with Crippen molar-refractivity contribution >= 4 is 15.8 Å². The van der Waals surface area contributed by atoms with Crippen LogP contribution in [-0.2, 0) is 16.6 Å². The summed E-state index contributed by atoms with van der Waals surface area (Å²) in [5.41, 5.74) is 3.23. The van der Waals surface area contributed by atoms with E-state index in [-0.39, 0.29) is 17.3 Å². The van der Waals surface area contributed by atoms with Gasteiger partial charge < -0.3 is 9.80 Å². The minimum atomic E-state index is -3.74. The number of likely N-dealkylation sites (N-methyl/N-ethyl adjacent to an activating group) is 1. The quantitative estimate of drug-likeness (QED) is 0.407. The minimum Gasteiger partial charge on any atom is -0.354 e. The summed E-state index contributed by atoms with van der Waals surface area (Å²) < 4.78 is 45.3. The van der Waals surface area contributed by atoms with Crippen LogP contribution in [0.5, 0.6) is 0 Å². The number of benzene rings is 2. The summed E-state index contributed by atoms with van der Waals surface area (Å²) in [4.78, 5) is 4.81. The SMILES string of the molecule is Cc1ccc(S(=O)(=O)N(CCC(C)C)Cc2c(C)nn(-c3cccc(F)c3)c2N2CCN(C)CC2)cc1. The summed E-state index contributed by atoms with van der Waals surface area (Å²) in [5.74, 6) is 0.853. The van der Waals surface area contributed by atoms with Crippen LogP contribution >= 0.6 is 0 Å². The third-order valence-electron chi connectivity index (χ3n) is 6.96. The van der Waals surface area contributed by atoms with E-state index in [0.717, 1.165) is 55.2 Å². The Morgan fingerprint density at radius 3 is 2.32 bits per heavy atom. The molecule has 1 aliphatic heterocycles. The van der Waals surface area contributed by atoms with Crippen LogP contribution in [0.1, 0.15) is 37.1 Å². The molecule has 7 nitrogen and oxygen atoms in total. The lowest BCUT2D eigenvalue weighted by Crippen LogP contribution is -2.45. The highest BCUT2D eigenvalue weighted by Crippen LogP contribution is 2.31. The van der Waals surface area contributed by atoms with Crippen molar-refractivity contribution in [1.82, 2.24) is 19.0 Å². The summed E-state index contributed by atoms with van der Waals surface area (Å²) in [7, 11) is -1.64. The van der Waals surface area contributed by atoms with Crippen molar-refractivity contribution in [3.8, 4) is 5.69 Å². The molecular formula is C28H38FN5O2S. The van der Waals surface area contributed by atoms with Crippen LogP contribution in [0.15, 0.2) is 53.4 Å². The number of piperazine rings is 1. The molecule has 0 aliphatic carbocycles. The van der Waals surface area contributed by atoms with Gasteiger partial charge in [-0.15, -0.1) is 0 Å². The molecule has 37 heavy (non-hydrogen) atoms. The molecule has 0 spiro atoms. The zero-order valence-corrected chi connectivity index (χ0v) is 23.3. The van der Waals surface area contributed by atoms with Crippen LogP contribution in [0.25, 0.3) is 5.69 Å². The monoisotopic (exact) mass is 527 g/mol. The van der Waals surface area contributed by atoms with Crippen molar-refractivity contribution in [2.75, 3.05) is 44.7 Å². The van der Waals surface area contributed by atoms with Crippen LogP contribution in [-0.4, -0.2) is 67.2 Å². The average Bonchev–Trinajstić information content (AvgIpc) is 3.18. The number of aromatic nitrogens is 2. The van der Waals surface area contributed by atoms with Crippen LogP contribution in [0, 0.1) is 25.6 Å². The van der Waals surface area contributed by atoms with Gasteiger partial charge in [0.1, 0.15) is 11.6 Å². The lowest BCUT2D eigenvalue weighted by molar-refractivity contribution is 0.310. The molecule has 0 N–H and O–H groups in total. The van der Waals surface area contributed by atoms with Crippen molar-refractivity contribution in [1.29, 1.82) is 0 Å². The maximum Gasteiger partial charge on any atom is 0.243 e. The molecule has 0 radical (unpaired) electrons. The largest absolute Gasteiger partial charge is 0.354 e. The number of hydrogen-bond donors (Lipinski definition) is 0. The number of rotatable bonds is 9. The minimum absolute atomic E-state index is 0.200. The summed E-state index contributed by atoms with van der Waals surface area (Å²) in [6.45, 7) is 12.0. The molecule has 1 saturated heterocycles. The normalized spacial score (nSPS) is 15.2. The average molecular weight is 528 g/mol. The lowest BCUT2D eigenvalue weighted by Gasteiger charge is -2.35. The fraction of sp³-hybridized carbons (Fsp3) is 0.464. The fourth-order valence-electron chi connectivity index (χ4n) is 4.59. The molecule has 0 bridgehead atoms. The van der Waals surface area contributed by atoms with Crippen LogP contribution in [0.3, 0.4) is 0 Å². The standard InChI is InChI=1S/C28H38FN5O2S/c1-21(2)13-14-33(37(35,36)26-11-9-22(3)10-12-26)20-27-23(4)30-34(25-8-6-7-24(29)19-25)28(27)32-17-15-31(5)16-18-32/h6-12,19,21H,13-18,20H2,1-5H3. The molecule has 1 aliphatic rings. The Morgan fingerprint density at radius 2 is 1.70 bits per heavy atom. The number of anilines is 1. The van der Waals surface area contributed by atoms with Gasteiger partial charge in [0, 0.05) is 44.8 Å². The van der Waals surface area contributed by atoms with E-state index in [1.165, 1.54) is 12.1 Å². The third-order valence-corrected chi connectivity index (χ3v) is 8.82. The predicted molar refractivity (Wildman–Crippen MR) is 146 cm³/mol. The molecular weight excluding hydrogens is 489 g/mol. The van der Waals surface area contributed by atoms with Crippen LogP contribution < -0.4 is 4.90 Å². The van der Waals surface area contributed by atoms with Gasteiger partial charge in [0.05, 0.1) is 16.3 Å². The van der Waals surface area contributed by atoms with E-state index in [1.807, 2.05) is 32.0 Å². The second-order valence-corrected chi connectivity index (χ2v) is 12.3. The van der Waals surface area contributed by atoms with Crippen molar-refractivity contribution in [2.24, 2.45) is 5.92 Å². The summed E-state index contributed by atoms with van der Waals surface area (Å²) in [5, 5.41) is 4.80. The summed E-state index contributed by atoms with van der Waals surface area (Å²) in [6, 6.07) is 13.4. The van der Waals surface area contributed by atoms with Gasteiger partial charge in [-0.25, -0.2) is 17.5 Å². The topological polar surface area (TPSA) is 61.7 Å². The van der Waals surface area contributed by atoms with Crippen molar-refractivity contribution in [3.05, 3.63) is 71.2 Å². The molecule has 2 heterocycles. The molecule has 2 aromatic carbocycles. The Labute approximate surface area is 220 Å². The van der Waals surface area contributed by atoms with Crippen molar-refractivity contribution in [3.63, 3.8) is 0 Å². The highest BCUT2D eigenvalue weighted by Gasteiger charge is 2.30. The number of aryl methyl sites for hydroxylation is 2. The molecule has 1 fully saturated rings. The zero-order valence-electron chi connectivity index (χ0n) is 22.5. The molecule has 0 amide bonds. The summed E-state index contributed by atoms with van der Waals surface area (Å²) in [6.07, 6.45) is 0.742. The van der Waals surface area contributed by atoms with E-state index < -0.39 is 10.0 Å². The second kappa shape index (κ2) is 11.3. The number of hydrogen-bond acceptors (Lipinski definition) is 5. The Hall–Kier alpha value is -2.75. The van der Waals surface area contributed by atoms with E-state index in [4.69, 9.17) is 5.10 Å². The van der Waals surface area contributed by atoms with Gasteiger partial charge in [0.15, 0.2) is 0 Å². The van der Waals surface area contributed by atoms with Gasteiger partial charge in [-0.3, -0.25) is 0 Å². The Kier molecular flexibility index (Phi) is 8.36. The first-order chi connectivity index (χ1) is 17.6. The number of nitrogens with zero attached hydrogens (tertiary/aromatic N) is 5. The number of halogens is 1. The zero-order chi connectivity index (χ0) is 26.7. The van der Waals surface area contributed by atoms with Gasteiger partial charge in [-0.05, 0) is 63.6 Å². The molecule has 1 aromatic heterocycles. The third kappa shape index (κ3) is 6.22. The Balaban J connectivity index is 1.80. The molecule has 200 valence electrons. The van der Waals surface area contributed by atoms with Gasteiger partial charge in [-0.2, -0.15) is 9.40 Å². The fourth-order valence-corrected chi connectivity index (χ4v) is 6.01. The first-order valence-electron chi connectivity index (χ1n) is 12.9. The Morgan fingerprint density at radius 1 is 1.03 bits per heavy atom. The molecule has 3 aromatic rings. The Bertz CT molecular complexity index is 1310. The van der Waals surface area contributed by atoms with E-state index >= 15 is 0 Å². The van der Waals surface area contributed by atoms with E-state index in [1.54, 1.807) is 27.2 Å². The van der Waals surface area contributed by atoms with Crippen LogP contribution in [0.2, 0.25) is 0 Å². The van der Waals surface area contributed by atoms with Gasteiger partial charge in [-0.1, -0.05) is 37.6 Å². The lowest BCUT2D eigenvalue weighted by atomic mass is 10.1. The first-order valence-corrected chi connectivity index (χ1v) is 14.3. The van der Waals surface area contributed by atoms with E-state index in [2.05, 4.69) is 30.7 Å².